The van der Waals surface area contributed by atoms with E-state index in [0.717, 1.165) is 11.4 Å². The molecule has 1 aromatic rings. The van der Waals surface area contributed by atoms with Gasteiger partial charge in [0.2, 0.25) is 0 Å². The van der Waals surface area contributed by atoms with Crippen molar-refractivity contribution in [1.29, 1.82) is 0 Å². The van der Waals surface area contributed by atoms with Gasteiger partial charge in [-0.05, 0) is 50.3 Å². The summed E-state index contributed by atoms with van der Waals surface area (Å²) in [6.45, 7) is 12.8. The van der Waals surface area contributed by atoms with Crippen LogP contribution in [-0.4, -0.2) is 11.0 Å². The summed E-state index contributed by atoms with van der Waals surface area (Å²) in [6.07, 6.45) is 2.58. The predicted octanol–water partition coefficient (Wildman–Crippen LogP) is 4.05. The van der Waals surface area contributed by atoms with Crippen molar-refractivity contribution in [2.24, 2.45) is 0 Å². The van der Waals surface area contributed by atoms with E-state index < -0.39 is 0 Å². The van der Waals surface area contributed by atoms with Crippen molar-refractivity contribution in [1.82, 2.24) is 10.3 Å². The zero-order chi connectivity index (χ0) is 13.3. The Bertz CT molecular complexity index is 422. The van der Waals surface area contributed by atoms with Crippen molar-refractivity contribution in [2.45, 2.75) is 58.4 Å². The Morgan fingerprint density at radius 3 is 2.44 bits per heavy atom. The summed E-state index contributed by atoms with van der Waals surface area (Å²) in [7, 11) is 0. The molecule has 0 unspecified atom stereocenters. The molecule has 98 valence electrons. The van der Waals surface area contributed by atoms with Crippen LogP contribution in [0.5, 0.6) is 0 Å². The van der Waals surface area contributed by atoms with Gasteiger partial charge in [-0.25, -0.2) is 0 Å². The predicted molar refractivity (Wildman–Crippen MR) is 77.6 cm³/mol. The first-order valence-corrected chi connectivity index (χ1v) is 6.95. The third kappa shape index (κ3) is 3.12. The molecular formula is C16H24N2. The van der Waals surface area contributed by atoms with E-state index in [-0.39, 0.29) is 0 Å². The van der Waals surface area contributed by atoms with Crippen LogP contribution < -0.4 is 5.32 Å². The van der Waals surface area contributed by atoms with Gasteiger partial charge in [0.1, 0.15) is 0 Å². The number of pyridine rings is 1. The number of nitrogens with zero attached hydrogens (tertiary/aromatic N) is 1. The smallest absolute Gasteiger partial charge is 0.0861 e. The van der Waals surface area contributed by atoms with Crippen LogP contribution in [0.25, 0.3) is 5.70 Å². The lowest BCUT2D eigenvalue weighted by atomic mass is 10.0. The minimum atomic E-state index is 0.395. The molecule has 1 heterocycles. The molecule has 0 saturated heterocycles. The van der Waals surface area contributed by atoms with Gasteiger partial charge < -0.3 is 5.32 Å². The first-order chi connectivity index (χ1) is 8.47. The van der Waals surface area contributed by atoms with Crippen LogP contribution in [0.2, 0.25) is 0 Å². The summed E-state index contributed by atoms with van der Waals surface area (Å²) in [5.74, 6) is 1.23. The van der Waals surface area contributed by atoms with Gasteiger partial charge in [0.05, 0.1) is 11.4 Å². The molecule has 1 aliphatic carbocycles. The first-order valence-electron chi connectivity index (χ1n) is 6.95. The number of hydrogen-bond acceptors (Lipinski definition) is 2. The fourth-order valence-electron chi connectivity index (χ4n) is 2.07. The highest BCUT2D eigenvalue weighted by Gasteiger charge is 2.26. The maximum Gasteiger partial charge on any atom is 0.0861 e. The second-order valence-electron chi connectivity index (χ2n) is 5.92. The highest BCUT2D eigenvalue weighted by molar-refractivity contribution is 5.59. The van der Waals surface area contributed by atoms with E-state index in [9.17, 15) is 0 Å². The van der Waals surface area contributed by atoms with Crippen molar-refractivity contribution in [3.8, 4) is 0 Å². The maximum absolute atomic E-state index is 4.77. The molecular weight excluding hydrogens is 220 g/mol. The van der Waals surface area contributed by atoms with Crippen LogP contribution in [0.1, 0.15) is 69.3 Å². The number of nitrogens with one attached hydrogen (secondary N) is 1. The maximum atomic E-state index is 4.77. The Morgan fingerprint density at radius 2 is 1.94 bits per heavy atom. The van der Waals surface area contributed by atoms with Crippen LogP contribution >= 0.6 is 0 Å². The minimum Gasteiger partial charge on any atom is -0.382 e. The van der Waals surface area contributed by atoms with Gasteiger partial charge in [0.25, 0.3) is 0 Å². The normalized spacial score (nSPS) is 15.2. The lowest BCUT2D eigenvalue weighted by molar-refractivity contribution is 0.714. The Hall–Kier alpha value is -1.31. The van der Waals surface area contributed by atoms with E-state index in [0.29, 0.717) is 17.9 Å². The lowest BCUT2D eigenvalue weighted by Crippen LogP contribution is -2.21. The number of hydrogen-bond donors (Lipinski definition) is 1. The van der Waals surface area contributed by atoms with Crippen molar-refractivity contribution in [2.75, 3.05) is 0 Å². The van der Waals surface area contributed by atoms with Crippen LogP contribution in [0.4, 0.5) is 0 Å². The van der Waals surface area contributed by atoms with Gasteiger partial charge in [-0.15, -0.1) is 0 Å². The average Bonchev–Trinajstić information content (AvgIpc) is 3.11. The fraction of sp³-hybridized carbons (Fsp3) is 0.562. The second-order valence-corrected chi connectivity index (χ2v) is 5.92. The molecule has 2 heteroatoms. The van der Waals surface area contributed by atoms with E-state index in [1.807, 2.05) is 0 Å². The summed E-state index contributed by atoms with van der Waals surface area (Å²) >= 11 is 0. The zero-order valence-corrected chi connectivity index (χ0v) is 12.0. The number of rotatable bonds is 5. The third-order valence-electron chi connectivity index (χ3n) is 3.30. The minimum absolute atomic E-state index is 0.395. The molecule has 1 saturated carbocycles. The molecule has 1 aromatic heterocycles. The van der Waals surface area contributed by atoms with Gasteiger partial charge in [-0.3, -0.25) is 4.98 Å². The SMILES string of the molecule is C=C(NC(C)C)c1cc(C(C)C)cc(C2CC2)n1. The quantitative estimate of drug-likeness (QED) is 0.845. The summed E-state index contributed by atoms with van der Waals surface area (Å²) in [6, 6.07) is 4.84. The number of aromatic nitrogens is 1. The van der Waals surface area contributed by atoms with Gasteiger partial charge in [0.15, 0.2) is 0 Å². The Labute approximate surface area is 111 Å². The summed E-state index contributed by atoms with van der Waals surface area (Å²) in [5, 5.41) is 3.35. The lowest BCUT2D eigenvalue weighted by Gasteiger charge is -2.16. The third-order valence-corrected chi connectivity index (χ3v) is 3.30. The molecule has 0 amide bonds. The van der Waals surface area contributed by atoms with Gasteiger partial charge in [0, 0.05) is 17.7 Å². The molecule has 2 rings (SSSR count). The highest BCUT2D eigenvalue weighted by atomic mass is 14.9. The molecule has 0 radical (unpaired) electrons. The topological polar surface area (TPSA) is 24.9 Å². The monoisotopic (exact) mass is 244 g/mol. The summed E-state index contributed by atoms with van der Waals surface area (Å²) in [4.78, 5) is 4.77. The van der Waals surface area contributed by atoms with Crippen molar-refractivity contribution in [3.05, 3.63) is 35.7 Å². The fourth-order valence-corrected chi connectivity index (χ4v) is 2.07. The second kappa shape index (κ2) is 5.13. The van der Waals surface area contributed by atoms with Crippen molar-refractivity contribution in [3.63, 3.8) is 0 Å². The van der Waals surface area contributed by atoms with E-state index in [1.165, 1.54) is 24.1 Å². The van der Waals surface area contributed by atoms with Gasteiger partial charge in [-0.2, -0.15) is 0 Å². The molecule has 18 heavy (non-hydrogen) atoms. The van der Waals surface area contributed by atoms with Crippen LogP contribution in [-0.2, 0) is 0 Å². The standard InChI is InChI=1S/C16H24N2/c1-10(2)14-8-15(12(5)17-11(3)4)18-16(9-14)13-6-7-13/h8-11,13,17H,5-7H2,1-4H3. The van der Waals surface area contributed by atoms with E-state index >= 15 is 0 Å². The first kappa shape index (κ1) is 13.1. The van der Waals surface area contributed by atoms with Crippen LogP contribution in [0.15, 0.2) is 18.7 Å². The molecule has 1 N–H and O–H groups in total. The summed E-state index contributed by atoms with van der Waals surface area (Å²) in [5.41, 5.74) is 4.57. The molecule has 0 atom stereocenters. The van der Waals surface area contributed by atoms with E-state index in [4.69, 9.17) is 4.98 Å². The van der Waals surface area contributed by atoms with Crippen LogP contribution in [0, 0.1) is 0 Å². The molecule has 2 nitrogen and oxygen atoms in total. The Morgan fingerprint density at radius 1 is 1.28 bits per heavy atom. The zero-order valence-electron chi connectivity index (χ0n) is 12.0. The molecule has 0 aliphatic heterocycles. The van der Waals surface area contributed by atoms with Crippen LogP contribution in [0.3, 0.4) is 0 Å². The largest absolute Gasteiger partial charge is 0.382 e. The summed E-state index contributed by atoms with van der Waals surface area (Å²) < 4.78 is 0. The molecule has 0 bridgehead atoms. The molecule has 1 fully saturated rings. The van der Waals surface area contributed by atoms with Gasteiger partial charge >= 0.3 is 0 Å². The highest BCUT2D eigenvalue weighted by Crippen LogP contribution is 2.40. The average molecular weight is 244 g/mol. The molecule has 1 aliphatic rings. The van der Waals surface area contributed by atoms with Gasteiger partial charge in [-0.1, -0.05) is 20.4 Å². The van der Waals surface area contributed by atoms with E-state index in [1.54, 1.807) is 0 Å². The van der Waals surface area contributed by atoms with Crippen molar-refractivity contribution < 1.29 is 0 Å². The van der Waals surface area contributed by atoms with Crippen molar-refractivity contribution >= 4 is 5.70 Å². The van der Waals surface area contributed by atoms with E-state index in [2.05, 4.69) is 51.7 Å². The Kier molecular flexibility index (Phi) is 3.74. The molecule has 0 aromatic carbocycles. The Balaban J connectivity index is 2.30. The molecule has 0 spiro atoms.